The van der Waals surface area contributed by atoms with E-state index < -0.39 is 40.2 Å². The molecule has 1 heterocycles. The van der Waals surface area contributed by atoms with E-state index in [0.29, 0.717) is 0 Å². The van der Waals surface area contributed by atoms with E-state index in [1.165, 1.54) is 12.1 Å². The minimum atomic E-state index is -5.16. The lowest BCUT2D eigenvalue weighted by Gasteiger charge is -2.10. The molecule has 0 atom stereocenters. The summed E-state index contributed by atoms with van der Waals surface area (Å²) in [4.78, 5) is 11.0. The van der Waals surface area contributed by atoms with Crippen LogP contribution in [0.15, 0.2) is 42.6 Å². The van der Waals surface area contributed by atoms with Crippen molar-refractivity contribution in [3.63, 3.8) is 0 Å². The highest BCUT2D eigenvalue weighted by molar-refractivity contribution is 7.81. The van der Waals surface area contributed by atoms with Gasteiger partial charge in [-0.1, -0.05) is 9.10 Å². The third-order valence-corrected chi connectivity index (χ3v) is 3.93. The van der Waals surface area contributed by atoms with Crippen LogP contribution in [0.25, 0.3) is 5.69 Å². The highest BCUT2D eigenvalue weighted by Gasteiger charge is 2.15. The molecule has 0 saturated heterocycles. The number of hydrogen-bond acceptors (Lipinski definition) is 7. The van der Waals surface area contributed by atoms with Crippen molar-refractivity contribution >= 4 is 16.4 Å². The number of halogens is 3. The molecule has 1 amide bonds. The topological polar surface area (TPSA) is 126 Å². The number of hydrogen-bond donors (Lipinski definition) is 1. The van der Waals surface area contributed by atoms with E-state index in [2.05, 4.69) is 14.5 Å². The lowest BCUT2D eigenvalue weighted by Crippen LogP contribution is -2.11. The predicted octanol–water partition coefficient (Wildman–Crippen LogP) is 1.82. The lowest BCUT2D eigenvalue weighted by atomic mass is 10.2. The van der Waals surface area contributed by atoms with Crippen molar-refractivity contribution in [1.82, 2.24) is 15.0 Å². The standard InChI is InChI=1S/C16H11F3N4O5S/c17-13-5-9(23-7-15(16(20)24)21-22-23)6-14(18)12(13)8-27-10-1-3-11(4-2-10)28-29(19,25)26/h1-7H,8H2,(H2,20,24). The molecule has 0 aliphatic carbocycles. The summed E-state index contributed by atoms with van der Waals surface area (Å²) >= 11 is 0. The van der Waals surface area contributed by atoms with Crippen molar-refractivity contribution in [3.8, 4) is 17.2 Å². The number of rotatable bonds is 7. The molecule has 0 saturated carbocycles. The molecular formula is C16H11F3N4O5S. The van der Waals surface area contributed by atoms with Crippen molar-refractivity contribution < 1.29 is 34.8 Å². The molecule has 3 rings (SSSR count). The normalized spacial score (nSPS) is 11.3. The van der Waals surface area contributed by atoms with Crippen molar-refractivity contribution in [2.75, 3.05) is 0 Å². The minimum absolute atomic E-state index is 0.0299. The molecule has 0 unspecified atom stereocenters. The number of nitrogens with two attached hydrogens (primary N) is 1. The fourth-order valence-corrected chi connectivity index (χ4v) is 2.57. The summed E-state index contributed by atoms with van der Waals surface area (Å²) in [6.07, 6.45) is 1.12. The van der Waals surface area contributed by atoms with Gasteiger partial charge in [0.1, 0.15) is 29.7 Å². The van der Waals surface area contributed by atoms with Gasteiger partial charge in [-0.2, -0.15) is 8.42 Å². The number of ether oxygens (including phenoxy) is 1. The first kappa shape index (κ1) is 20.1. The van der Waals surface area contributed by atoms with Crippen molar-refractivity contribution in [1.29, 1.82) is 0 Å². The molecule has 9 nitrogen and oxygen atoms in total. The van der Waals surface area contributed by atoms with E-state index >= 15 is 0 Å². The quantitative estimate of drug-likeness (QED) is 0.569. The van der Waals surface area contributed by atoms with E-state index in [-0.39, 0.29) is 22.9 Å². The van der Waals surface area contributed by atoms with Crippen molar-refractivity contribution in [2.24, 2.45) is 5.73 Å². The first-order valence-corrected chi connectivity index (χ1v) is 9.00. The first-order valence-electron chi connectivity index (χ1n) is 7.70. The zero-order valence-electron chi connectivity index (χ0n) is 14.3. The van der Waals surface area contributed by atoms with E-state index in [9.17, 15) is 25.9 Å². The van der Waals surface area contributed by atoms with Gasteiger partial charge < -0.3 is 14.7 Å². The second kappa shape index (κ2) is 7.79. The fourth-order valence-electron chi connectivity index (χ4n) is 2.22. The molecule has 0 aliphatic rings. The summed E-state index contributed by atoms with van der Waals surface area (Å²) in [6, 6.07) is 6.58. The Labute approximate surface area is 161 Å². The van der Waals surface area contributed by atoms with Crippen LogP contribution in [-0.2, 0) is 17.1 Å². The van der Waals surface area contributed by atoms with Gasteiger partial charge in [0.15, 0.2) is 5.69 Å². The highest BCUT2D eigenvalue weighted by Crippen LogP contribution is 2.23. The van der Waals surface area contributed by atoms with Gasteiger partial charge in [0.25, 0.3) is 5.91 Å². The molecule has 0 radical (unpaired) electrons. The van der Waals surface area contributed by atoms with Crippen LogP contribution in [0.5, 0.6) is 11.5 Å². The Bertz CT molecular complexity index is 1140. The lowest BCUT2D eigenvalue weighted by molar-refractivity contribution is 0.0995. The van der Waals surface area contributed by atoms with Crippen LogP contribution in [0.3, 0.4) is 0 Å². The predicted molar refractivity (Wildman–Crippen MR) is 91.2 cm³/mol. The van der Waals surface area contributed by atoms with E-state index in [4.69, 9.17) is 10.5 Å². The number of amides is 1. The van der Waals surface area contributed by atoms with Gasteiger partial charge in [0, 0.05) is 12.1 Å². The Kier molecular flexibility index (Phi) is 5.41. The van der Waals surface area contributed by atoms with Crippen LogP contribution in [0.4, 0.5) is 12.7 Å². The van der Waals surface area contributed by atoms with Gasteiger partial charge in [-0.25, -0.2) is 13.5 Å². The molecule has 152 valence electrons. The second-order valence-electron chi connectivity index (χ2n) is 5.54. The number of aromatic nitrogens is 3. The zero-order valence-corrected chi connectivity index (χ0v) is 15.1. The molecule has 0 spiro atoms. The van der Waals surface area contributed by atoms with Gasteiger partial charge in [0.2, 0.25) is 0 Å². The van der Waals surface area contributed by atoms with Gasteiger partial charge >= 0.3 is 10.5 Å². The van der Waals surface area contributed by atoms with Crippen LogP contribution in [0.1, 0.15) is 16.1 Å². The molecule has 13 heteroatoms. The van der Waals surface area contributed by atoms with E-state index in [0.717, 1.165) is 35.1 Å². The first-order chi connectivity index (χ1) is 13.6. The van der Waals surface area contributed by atoms with Crippen LogP contribution in [-0.4, -0.2) is 29.3 Å². The number of carbonyl (C=O) groups is 1. The van der Waals surface area contributed by atoms with Gasteiger partial charge in [-0.05, 0) is 24.3 Å². The minimum Gasteiger partial charge on any atom is -0.489 e. The molecular weight excluding hydrogens is 417 g/mol. The molecule has 3 aromatic rings. The third kappa shape index (κ3) is 5.01. The summed E-state index contributed by atoms with van der Waals surface area (Å²) in [7, 11) is -5.16. The van der Waals surface area contributed by atoms with Crippen LogP contribution in [0, 0.1) is 11.6 Å². The molecule has 2 aromatic carbocycles. The summed E-state index contributed by atoms with van der Waals surface area (Å²) in [6.45, 7) is -0.497. The Morgan fingerprint density at radius 2 is 1.69 bits per heavy atom. The highest BCUT2D eigenvalue weighted by atomic mass is 32.3. The Hall–Kier alpha value is -3.61. The maximum Gasteiger partial charge on any atom is 0.488 e. The molecule has 1 aromatic heterocycles. The maximum atomic E-state index is 14.3. The largest absolute Gasteiger partial charge is 0.489 e. The number of carbonyl (C=O) groups excluding carboxylic acids is 1. The molecule has 0 bridgehead atoms. The average Bonchev–Trinajstić information content (AvgIpc) is 3.11. The molecule has 0 aliphatic heterocycles. The van der Waals surface area contributed by atoms with Crippen LogP contribution >= 0.6 is 0 Å². The Morgan fingerprint density at radius 3 is 2.21 bits per heavy atom. The fraction of sp³-hybridized carbons (Fsp3) is 0.0625. The van der Waals surface area contributed by atoms with Crippen LogP contribution in [0.2, 0.25) is 0 Å². The smallest absolute Gasteiger partial charge is 0.488 e. The monoisotopic (exact) mass is 428 g/mol. The summed E-state index contributed by atoms with van der Waals surface area (Å²) in [5.41, 5.74) is 4.45. The number of nitrogens with zero attached hydrogens (tertiary/aromatic N) is 3. The number of primary amides is 1. The number of benzene rings is 2. The van der Waals surface area contributed by atoms with E-state index in [1.54, 1.807) is 0 Å². The van der Waals surface area contributed by atoms with Gasteiger partial charge in [-0.15, -0.1) is 5.10 Å². The third-order valence-electron chi connectivity index (χ3n) is 3.54. The molecule has 0 fully saturated rings. The Morgan fingerprint density at radius 1 is 1.10 bits per heavy atom. The Balaban J connectivity index is 1.73. The van der Waals surface area contributed by atoms with Gasteiger partial charge in [-0.3, -0.25) is 4.79 Å². The molecule has 2 N–H and O–H groups in total. The van der Waals surface area contributed by atoms with Crippen molar-refractivity contribution in [3.05, 3.63) is 65.5 Å². The van der Waals surface area contributed by atoms with E-state index in [1.807, 2.05) is 0 Å². The van der Waals surface area contributed by atoms with Gasteiger partial charge in [0.05, 0.1) is 17.4 Å². The molecule has 29 heavy (non-hydrogen) atoms. The summed E-state index contributed by atoms with van der Waals surface area (Å²) in [5, 5.41) is 7.04. The second-order valence-corrected chi connectivity index (χ2v) is 6.49. The SMILES string of the molecule is NC(=O)c1cn(-c2cc(F)c(COc3ccc(OS(=O)(=O)F)cc3)c(F)c2)nn1. The summed E-state index contributed by atoms with van der Waals surface area (Å²) < 4.78 is 72.1. The average molecular weight is 428 g/mol. The van der Waals surface area contributed by atoms with Crippen molar-refractivity contribution in [2.45, 2.75) is 6.61 Å². The maximum absolute atomic E-state index is 14.3. The summed E-state index contributed by atoms with van der Waals surface area (Å²) in [5.74, 6) is -2.91. The van der Waals surface area contributed by atoms with Crippen LogP contribution < -0.4 is 14.7 Å². The zero-order chi connectivity index (χ0) is 21.2.